The highest BCUT2D eigenvalue weighted by molar-refractivity contribution is 5.34. The molecule has 1 aliphatic carbocycles. The van der Waals surface area contributed by atoms with E-state index in [1.807, 2.05) is 19.1 Å². The molecule has 0 radical (unpaired) electrons. The van der Waals surface area contributed by atoms with Gasteiger partial charge in [0.15, 0.2) is 5.82 Å². The lowest BCUT2D eigenvalue weighted by Crippen LogP contribution is -2.12. The Hall–Kier alpha value is -2.48. The van der Waals surface area contributed by atoms with Crippen molar-refractivity contribution in [2.45, 2.75) is 38.5 Å². The minimum absolute atomic E-state index is 0.126. The van der Waals surface area contributed by atoms with Crippen molar-refractivity contribution in [1.29, 1.82) is 0 Å². The Labute approximate surface area is 151 Å². The Morgan fingerprint density at radius 3 is 2.38 bits per heavy atom. The van der Waals surface area contributed by atoms with E-state index in [1.165, 1.54) is 5.56 Å². The van der Waals surface area contributed by atoms with Crippen LogP contribution in [0.3, 0.4) is 0 Å². The fourth-order valence-electron chi connectivity index (χ4n) is 3.29. The van der Waals surface area contributed by atoms with E-state index in [-0.39, 0.29) is 11.5 Å². The van der Waals surface area contributed by atoms with Gasteiger partial charge in [-0.15, -0.1) is 0 Å². The molecule has 3 rings (SSSR count). The average molecular weight is 359 g/mol. The van der Waals surface area contributed by atoms with Crippen LogP contribution < -0.4 is 4.74 Å². The van der Waals surface area contributed by atoms with Gasteiger partial charge in [0.25, 0.3) is 5.95 Å². The van der Waals surface area contributed by atoms with Crippen molar-refractivity contribution in [3.05, 3.63) is 59.2 Å². The molecule has 0 N–H and O–H groups in total. The Kier molecular flexibility index (Phi) is 5.82. The summed E-state index contributed by atoms with van der Waals surface area (Å²) in [5.41, 5.74) is 1.09. The first-order valence-electron chi connectivity index (χ1n) is 8.82. The van der Waals surface area contributed by atoms with Crippen LogP contribution in [-0.2, 0) is 0 Å². The quantitative estimate of drug-likeness (QED) is 0.553. The molecule has 0 saturated heterocycles. The van der Waals surface area contributed by atoms with E-state index >= 15 is 0 Å². The maximum atomic E-state index is 13.5. The highest BCUT2D eigenvalue weighted by Crippen LogP contribution is 2.36. The van der Waals surface area contributed by atoms with Gasteiger partial charge in [-0.05, 0) is 62.3 Å². The second-order valence-corrected chi connectivity index (χ2v) is 6.42. The van der Waals surface area contributed by atoms with Crippen LogP contribution in [0.25, 0.3) is 0 Å². The number of hydrogen-bond acceptors (Lipinski definition) is 2. The molecule has 0 spiro atoms. The molecule has 0 amide bonds. The van der Waals surface area contributed by atoms with Crippen LogP contribution in [0.5, 0.6) is 5.75 Å². The van der Waals surface area contributed by atoms with Gasteiger partial charge in [0.2, 0.25) is 5.95 Å². The van der Waals surface area contributed by atoms with E-state index in [9.17, 15) is 13.2 Å². The second-order valence-electron chi connectivity index (χ2n) is 6.42. The first-order chi connectivity index (χ1) is 12.6. The fraction of sp³-hybridized carbons (Fsp3) is 0.381. The lowest BCUT2D eigenvalue weighted by molar-refractivity contribution is 0.339. The van der Waals surface area contributed by atoms with E-state index < -0.39 is 17.7 Å². The zero-order chi connectivity index (χ0) is 18.5. The van der Waals surface area contributed by atoms with Crippen LogP contribution in [0.2, 0.25) is 0 Å². The van der Waals surface area contributed by atoms with Crippen molar-refractivity contribution in [3.63, 3.8) is 0 Å². The molecule has 1 aromatic heterocycles. The Morgan fingerprint density at radius 2 is 1.73 bits per heavy atom. The van der Waals surface area contributed by atoms with Crippen LogP contribution >= 0.6 is 0 Å². The van der Waals surface area contributed by atoms with E-state index in [1.54, 1.807) is 0 Å². The van der Waals surface area contributed by atoms with Crippen LogP contribution in [0.1, 0.15) is 49.7 Å². The number of halogens is 3. The molecule has 1 aliphatic rings. The zero-order valence-corrected chi connectivity index (χ0v) is 14.6. The van der Waals surface area contributed by atoms with Crippen LogP contribution in [0, 0.1) is 35.5 Å². The molecule has 26 heavy (non-hydrogen) atoms. The SMILES string of the molecule is CCOc1ccc([C@H]2CC[C@H](C#Cc3cc(F)c(F)nc3F)CC2)cc1. The largest absolute Gasteiger partial charge is 0.494 e. The Morgan fingerprint density at radius 1 is 1.04 bits per heavy atom. The third kappa shape index (κ3) is 4.37. The number of aromatic nitrogens is 1. The third-order valence-electron chi connectivity index (χ3n) is 4.69. The number of rotatable bonds is 3. The molecule has 2 aromatic rings. The molecule has 5 heteroatoms. The molecule has 0 aliphatic heterocycles. The molecule has 0 bridgehead atoms. The van der Waals surface area contributed by atoms with Crippen molar-refractivity contribution in [2.24, 2.45) is 5.92 Å². The van der Waals surface area contributed by atoms with Crippen molar-refractivity contribution in [2.75, 3.05) is 6.61 Å². The number of pyridine rings is 1. The molecule has 1 fully saturated rings. The summed E-state index contributed by atoms with van der Waals surface area (Å²) < 4.78 is 45.0. The molecule has 2 nitrogen and oxygen atoms in total. The Balaban J connectivity index is 1.60. The minimum Gasteiger partial charge on any atom is -0.494 e. The van der Waals surface area contributed by atoms with Gasteiger partial charge in [-0.25, -0.2) is 4.39 Å². The van der Waals surface area contributed by atoms with Gasteiger partial charge in [-0.3, -0.25) is 0 Å². The summed E-state index contributed by atoms with van der Waals surface area (Å²) in [5.74, 6) is 3.38. The topological polar surface area (TPSA) is 22.1 Å². The van der Waals surface area contributed by atoms with Crippen molar-refractivity contribution in [1.82, 2.24) is 4.98 Å². The Bertz CT molecular complexity index is 816. The number of benzene rings is 1. The zero-order valence-electron chi connectivity index (χ0n) is 14.6. The van der Waals surface area contributed by atoms with Gasteiger partial charge in [0.05, 0.1) is 12.2 Å². The second kappa shape index (κ2) is 8.27. The van der Waals surface area contributed by atoms with Gasteiger partial charge in [-0.2, -0.15) is 13.8 Å². The molecule has 1 heterocycles. The molecule has 1 aromatic carbocycles. The summed E-state index contributed by atoms with van der Waals surface area (Å²) in [4.78, 5) is 2.89. The van der Waals surface area contributed by atoms with E-state index in [4.69, 9.17) is 4.74 Å². The summed E-state index contributed by atoms with van der Waals surface area (Å²) in [6.45, 7) is 2.61. The van der Waals surface area contributed by atoms with Crippen molar-refractivity contribution >= 4 is 0 Å². The smallest absolute Gasteiger partial charge is 0.251 e. The first kappa shape index (κ1) is 18.3. The van der Waals surface area contributed by atoms with E-state index in [0.29, 0.717) is 12.5 Å². The number of ether oxygens (including phenoxy) is 1. The normalized spacial score (nSPS) is 19.5. The van der Waals surface area contributed by atoms with E-state index in [0.717, 1.165) is 37.5 Å². The van der Waals surface area contributed by atoms with Crippen LogP contribution in [0.4, 0.5) is 13.2 Å². The molecule has 1 saturated carbocycles. The lowest BCUT2D eigenvalue weighted by Gasteiger charge is -2.26. The maximum Gasteiger partial charge on any atom is 0.251 e. The van der Waals surface area contributed by atoms with Crippen LogP contribution in [0.15, 0.2) is 30.3 Å². The summed E-state index contributed by atoms with van der Waals surface area (Å²) in [5, 5.41) is 0. The van der Waals surface area contributed by atoms with Crippen molar-refractivity contribution < 1.29 is 17.9 Å². The molecular weight excluding hydrogens is 339 g/mol. The fourth-order valence-corrected chi connectivity index (χ4v) is 3.29. The highest BCUT2D eigenvalue weighted by Gasteiger charge is 2.21. The lowest BCUT2D eigenvalue weighted by atomic mass is 9.79. The summed E-state index contributed by atoms with van der Waals surface area (Å²) >= 11 is 0. The monoisotopic (exact) mass is 359 g/mol. The van der Waals surface area contributed by atoms with Gasteiger partial charge in [-0.1, -0.05) is 24.0 Å². The summed E-state index contributed by atoms with van der Waals surface area (Å²) in [6, 6.07) is 8.94. The molecule has 0 unspecified atom stereocenters. The van der Waals surface area contributed by atoms with Crippen molar-refractivity contribution in [3.8, 4) is 17.6 Å². The predicted molar refractivity (Wildman–Crippen MR) is 93.3 cm³/mol. The number of hydrogen-bond donors (Lipinski definition) is 0. The number of nitrogens with zero attached hydrogens (tertiary/aromatic N) is 1. The molecule has 0 atom stereocenters. The molecule has 136 valence electrons. The standard InChI is InChI=1S/C21H20F3NO/c1-2-26-18-11-9-16(10-12-18)15-6-3-14(4-7-15)5-8-17-13-19(22)21(24)25-20(17)23/h9-15H,2-4,6-7H2,1H3/t14-,15-. The maximum absolute atomic E-state index is 13.5. The average Bonchev–Trinajstić information content (AvgIpc) is 2.65. The predicted octanol–water partition coefficient (Wildman–Crippen LogP) is 5.22. The highest BCUT2D eigenvalue weighted by atomic mass is 19.2. The summed E-state index contributed by atoms with van der Waals surface area (Å²) in [7, 11) is 0. The van der Waals surface area contributed by atoms with Crippen LogP contribution in [-0.4, -0.2) is 11.6 Å². The minimum atomic E-state index is -1.44. The van der Waals surface area contributed by atoms with Gasteiger partial charge in [0.1, 0.15) is 5.75 Å². The molecular formula is C21H20F3NO. The van der Waals surface area contributed by atoms with Gasteiger partial charge < -0.3 is 4.74 Å². The first-order valence-corrected chi connectivity index (χ1v) is 8.82. The van der Waals surface area contributed by atoms with Gasteiger partial charge in [0, 0.05) is 5.92 Å². The summed E-state index contributed by atoms with van der Waals surface area (Å²) in [6.07, 6.45) is 3.77. The third-order valence-corrected chi connectivity index (χ3v) is 4.69. The van der Waals surface area contributed by atoms with E-state index in [2.05, 4.69) is 29.0 Å². The van der Waals surface area contributed by atoms with Gasteiger partial charge >= 0.3 is 0 Å².